The summed E-state index contributed by atoms with van der Waals surface area (Å²) < 4.78 is 0. The van der Waals surface area contributed by atoms with Crippen molar-refractivity contribution in [2.75, 3.05) is 33.2 Å². The molecule has 6 nitrogen and oxygen atoms in total. The summed E-state index contributed by atoms with van der Waals surface area (Å²) >= 11 is 5.73. The molecule has 0 aliphatic carbocycles. The molecule has 1 aliphatic rings. The molecule has 1 saturated heterocycles. The molecule has 1 heterocycles. The van der Waals surface area contributed by atoms with Gasteiger partial charge in [-0.05, 0) is 19.2 Å². The molecule has 1 aromatic rings. The quantitative estimate of drug-likeness (QED) is 0.611. The third-order valence-corrected chi connectivity index (χ3v) is 3.50. The molecular weight excluding hydrogens is 270 g/mol. The third-order valence-electron chi connectivity index (χ3n) is 3.18. The first kappa shape index (κ1) is 13.8. The van der Waals surface area contributed by atoms with E-state index in [-0.39, 0.29) is 16.6 Å². The second-order valence-corrected chi connectivity index (χ2v) is 4.93. The Hall–Kier alpha value is -1.66. The van der Waals surface area contributed by atoms with E-state index in [4.69, 9.17) is 11.6 Å². The highest BCUT2D eigenvalue weighted by Gasteiger charge is 2.23. The zero-order valence-corrected chi connectivity index (χ0v) is 11.3. The molecular formula is C12H14ClN3O3. The Morgan fingerprint density at radius 1 is 1.32 bits per heavy atom. The highest BCUT2D eigenvalue weighted by Crippen LogP contribution is 2.25. The Balaban J connectivity index is 2.20. The Morgan fingerprint density at radius 2 is 1.95 bits per heavy atom. The smallest absolute Gasteiger partial charge is 0.288 e. The average Bonchev–Trinajstić information content (AvgIpc) is 2.39. The van der Waals surface area contributed by atoms with Gasteiger partial charge in [0.2, 0.25) is 0 Å². The molecule has 102 valence electrons. The molecule has 2 rings (SSSR count). The number of rotatable bonds is 2. The lowest BCUT2D eigenvalue weighted by Crippen LogP contribution is -2.47. The lowest BCUT2D eigenvalue weighted by Gasteiger charge is -2.32. The van der Waals surface area contributed by atoms with Crippen molar-refractivity contribution in [1.29, 1.82) is 0 Å². The van der Waals surface area contributed by atoms with Crippen LogP contribution in [0.25, 0.3) is 0 Å². The molecule has 0 radical (unpaired) electrons. The van der Waals surface area contributed by atoms with E-state index in [1.807, 2.05) is 7.05 Å². The number of halogens is 1. The Morgan fingerprint density at radius 3 is 2.53 bits per heavy atom. The minimum Gasteiger partial charge on any atom is -0.336 e. The number of benzene rings is 1. The number of piperazine rings is 1. The van der Waals surface area contributed by atoms with Gasteiger partial charge >= 0.3 is 0 Å². The van der Waals surface area contributed by atoms with E-state index in [0.29, 0.717) is 18.7 Å². The van der Waals surface area contributed by atoms with E-state index < -0.39 is 4.92 Å². The van der Waals surface area contributed by atoms with Crippen LogP contribution in [0.4, 0.5) is 5.69 Å². The standard InChI is InChI=1S/C12H14ClN3O3/c1-14-4-6-15(7-5-14)12(17)9-2-3-10(13)11(8-9)16(18)19/h2-3,8H,4-7H2,1H3. The maximum Gasteiger partial charge on any atom is 0.288 e. The van der Waals surface area contributed by atoms with Crippen molar-refractivity contribution in [3.63, 3.8) is 0 Å². The van der Waals surface area contributed by atoms with E-state index in [1.165, 1.54) is 18.2 Å². The molecule has 1 aliphatic heterocycles. The number of carbonyl (C=O) groups excluding carboxylic acids is 1. The van der Waals surface area contributed by atoms with Gasteiger partial charge in [0.15, 0.2) is 0 Å². The van der Waals surface area contributed by atoms with Crippen LogP contribution in [0.3, 0.4) is 0 Å². The summed E-state index contributed by atoms with van der Waals surface area (Å²) in [5, 5.41) is 10.8. The van der Waals surface area contributed by atoms with E-state index in [0.717, 1.165) is 13.1 Å². The van der Waals surface area contributed by atoms with Crippen LogP contribution in [0.15, 0.2) is 18.2 Å². The summed E-state index contributed by atoms with van der Waals surface area (Å²) in [5.74, 6) is -0.187. The van der Waals surface area contributed by atoms with Gasteiger partial charge in [0.05, 0.1) is 4.92 Å². The zero-order chi connectivity index (χ0) is 14.0. The van der Waals surface area contributed by atoms with Crippen LogP contribution in [0.2, 0.25) is 5.02 Å². The van der Waals surface area contributed by atoms with Gasteiger partial charge in [-0.25, -0.2) is 0 Å². The maximum absolute atomic E-state index is 12.2. The lowest BCUT2D eigenvalue weighted by molar-refractivity contribution is -0.384. The topological polar surface area (TPSA) is 66.7 Å². The third kappa shape index (κ3) is 3.02. The maximum atomic E-state index is 12.2. The van der Waals surface area contributed by atoms with Crippen molar-refractivity contribution in [3.05, 3.63) is 38.9 Å². The van der Waals surface area contributed by atoms with Crippen LogP contribution >= 0.6 is 11.6 Å². The molecule has 19 heavy (non-hydrogen) atoms. The monoisotopic (exact) mass is 283 g/mol. The number of amides is 1. The number of likely N-dealkylation sites (N-methyl/N-ethyl adjacent to an activating group) is 1. The molecule has 0 spiro atoms. The molecule has 1 amide bonds. The lowest BCUT2D eigenvalue weighted by atomic mass is 10.1. The van der Waals surface area contributed by atoms with Gasteiger partial charge in [-0.3, -0.25) is 14.9 Å². The van der Waals surface area contributed by atoms with Gasteiger partial charge in [-0.2, -0.15) is 0 Å². The zero-order valence-electron chi connectivity index (χ0n) is 10.5. The summed E-state index contributed by atoms with van der Waals surface area (Å²) in [6.07, 6.45) is 0. The van der Waals surface area contributed by atoms with Gasteiger partial charge in [-0.1, -0.05) is 11.6 Å². The van der Waals surface area contributed by atoms with Crippen LogP contribution in [-0.4, -0.2) is 53.9 Å². The van der Waals surface area contributed by atoms with Crippen LogP contribution in [0, 0.1) is 10.1 Å². The molecule has 0 bridgehead atoms. The van der Waals surface area contributed by atoms with Gasteiger partial charge in [0, 0.05) is 37.8 Å². The molecule has 7 heteroatoms. The molecule has 0 N–H and O–H groups in total. The van der Waals surface area contributed by atoms with Gasteiger partial charge in [0.1, 0.15) is 5.02 Å². The van der Waals surface area contributed by atoms with Crippen molar-refractivity contribution in [3.8, 4) is 0 Å². The van der Waals surface area contributed by atoms with Crippen molar-refractivity contribution in [2.24, 2.45) is 0 Å². The summed E-state index contributed by atoms with van der Waals surface area (Å²) in [4.78, 5) is 26.3. The summed E-state index contributed by atoms with van der Waals surface area (Å²) in [5.41, 5.74) is 0.0716. The van der Waals surface area contributed by atoms with Gasteiger partial charge < -0.3 is 9.80 Å². The van der Waals surface area contributed by atoms with Crippen LogP contribution in [-0.2, 0) is 0 Å². The second kappa shape index (κ2) is 5.54. The molecule has 0 aromatic heterocycles. The number of carbonyl (C=O) groups is 1. The van der Waals surface area contributed by atoms with Crippen molar-refractivity contribution in [2.45, 2.75) is 0 Å². The molecule has 0 unspecified atom stereocenters. The SMILES string of the molecule is CN1CCN(C(=O)c2ccc(Cl)c([N+](=O)[O-])c2)CC1. The number of hydrogen-bond donors (Lipinski definition) is 0. The molecule has 0 atom stereocenters. The summed E-state index contributed by atoms with van der Waals surface area (Å²) in [6, 6.07) is 4.15. The Bertz CT molecular complexity index is 513. The highest BCUT2D eigenvalue weighted by atomic mass is 35.5. The molecule has 0 saturated carbocycles. The minimum atomic E-state index is -0.580. The highest BCUT2D eigenvalue weighted by molar-refractivity contribution is 6.32. The van der Waals surface area contributed by atoms with E-state index in [1.54, 1.807) is 4.90 Å². The van der Waals surface area contributed by atoms with Crippen molar-refractivity contribution in [1.82, 2.24) is 9.80 Å². The first-order chi connectivity index (χ1) is 8.99. The number of hydrogen-bond acceptors (Lipinski definition) is 4. The van der Waals surface area contributed by atoms with Crippen LogP contribution in [0.1, 0.15) is 10.4 Å². The van der Waals surface area contributed by atoms with Gasteiger partial charge in [0.25, 0.3) is 11.6 Å². The first-order valence-corrected chi connectivity index (χ1v) is 6.28. The fourth-order valence-corrected chi connectivity index (χ4v) is 2.16. The predicted molar refractivity (Wildman–Crippen MR) is 71.5 cm³/mol. The van der Waals surface area contributed by atoms with E-state index >= 15 is 0 Å². The van der Waals surface area contributed by atoms with Crippen LogP contribution in [0.5, 0.6) is 0 Å². The van der Waals surface area contributed by atoms with E-state index in [2.05, 4.69) is 4.90 Å². The minimum absolute atomic E-state index is 0.0416. The molecule has 1 aromatic carbocycles. The second-order valence-electron chi connectivity index (χ2n) is 4.52. The predicted octanol–water partition coefficient (Wildman–Crippen LogP) is 1.64. The van der Waals surface area contributed by atoms with Crippen molar-refractivity contribution >= 4 is 23.2 Å². The number of nitro benzene ring substituents is 1. The number of nitro groups is 1. The first-order valence-electron chi connectivity index (χ1n) is 5.91. The average molecular weight is 284 g/mol. The fraction of sp³-hybridized carbons (Fsp3) is 0.417. The Kier molecular flexibility index (Phi) is 4.01. The summed E-state index contributed by atoms with van der Waals surface area (Å²) in [6.45, 7) is 2.88. The normalized spacial score (nSPS) is 16.4. The summed E-state index contributed by atoms with van der Waals surface area (Å²) in [7, 11) is 1.99. The van der Waals surface area contributed by atoms with Crippen LogP contribution < -0.4 is 0 Å². The molecule has 1 fully saturated rings. The van der Waals surface area contributed by atoms with Crippen molar-refractivity contribution < 1.29 is 9.72 Å². The van der Waals surface area contributed by atoms with E-state index in [9.17, 15) is 14.9 Å². The largest absolute Gasteiger partial charge is 0.336 e. The van der Waals surface area contributed by atoms with Gasteiger partial charge in [-0.15, -0.1) is 0 Å². The Labute approximate surface area is 115 Å². The number of nitrogens with zero attached hydrogens (tertiary/aromatic N) is 3. The fourth-order valence-electron chi connectivity index (χ4n) is 1.98.